The average molecular weight is 1220 g/mol. The number of fused-ring (bicyclic) bond motifs is 2. The summed E-state index contributed by atoms with van der Waals surface area (Å²) in [5, 5.41) is 3.11. The Kier molecular flexibility index (Phi) is 26.9. The van der Waals surface area contributed by atoms with Gasteiger partial charge in [0.05, 0.1) is 0 Å². The SMILES string of the molecule is CCCCCCCCCC(CCCCCC)CSc1ccc(-c2c3c[c]([Sn]([CH3])([CH3])[CH3])sc3c(-c3ccc(SCC(CCCCCC)CCCCCCCCC)s3)c3c[c]([Sn]([CH3])([CH3])[CH3])sc23)s1. The molecule has 0 aliphatic rings. The van der Waals surface area contributed by atoms with E-state index in [2.05, 4.69) is 163 Å². The topological polar surface area (TPSA) is 0 Å². The average Bonchev–Trinajstić information content (AvgIpc) is 4.12. The van der Waals surface area contributed by atoms with Crippen LogP contribution in [0.5, 0.6) is 0 Å². The summed E-state index contributed by atoms with van der Waals surface area (Å²) in [6.07, 6.45) is 36.6. The van der Waals surface area contributed by atoms with E-state index < -0.39 is 36.8 Å². The number of benzene rings is 1. The molecule has 0 aliphatic carbocycles. The van der Waals surface area contributed by atoms with E-state index in [1.54, 1.807) is 37.1 Å². The molecule has 8 heteroatoms. The van der Waals surface area contributed by atoms with Crippen LogP contribution in [0.1, 0.15) is 195 Å². The Hall–Kier alpha value is 0.837. The molecule has 0 amide bonds. The van der Waals surface area contributed by atoms with Crippen LogP contribution < -0.4 is 5.79 Å². The van der Waals surface area contributed by atoms with Gasteiger partial charge in [-0.2, -0.15) is 0 Å². The number of thioether (sulfide) groups is 2. The van der Waals surface area contributed by atoms with Gasteiger partial charge in [-0.05, 0) is 0 Å². The number of unbranched alkanes of at least 4 members (excludes halogenated alkanes) is 18. The van der Waals surface area contributed by atoms with Crippen LogP contribution in [0.3, 0.4) is 0 Å². The third kappa shape index (κ3) is 18.7. The first-order valence-electron chi connectivity index (χ1n) is 27.4. The number of thiophene rings is 4. The normalized spacial score (nSPS) is 13.5. The molecule has 4 aromatic heterocycles. The van der Waals surface area contributed by atoms with Gasteiger partial charge in [-0.15, -0.1) is 0 Å². The van der Waals surface area contributed by atoms with E-state index >= 15 is 0 Å². The maximum atomic E-state index is 2.71. The van der Waals surface area contributed by atoms with Crippen LogP contribution in [0, 0.1) is 11.8 Å². The van der Waals surface area contributed by atoms with E-state index in [1.807, 2.05) is 0 Å². The van der Waals surface area contributed by atoms with Crippen LogP contribution in [0.25, 0.3) is 41.1 Å². The maximum absolute atomic E-state index is 2.71. The molecule has 0 saturated heterocycles. The van der Waals surface area contributed by atoms with Crippen molar-refractivity contribution in [3.63, 3.8) is 0 Å². The van der Waals surface area contributed by atoms with E-state index in [0.29, 0.717) is 0 Å². The number of hydrogen-bond donors (Lipinski definition) is 0. The van der Waals surface area contributed by atoms with Gasteiger partial charge >= 0.3 is 302 Å². The first kappa shape index (κ1) is 57.7. The van der Waals surface area contributed by atoms with Gasteiger partial charge < -0.3 is 0 Å². The Morgan fingerprint density at radius 2 is 0.697 bits per heavy atom. The number of rotatable bonds is 36. The van der Waals surface area contributed by atoms with Crippen molar-refractivity contribution >= 4 is 132 Å². The molecule has 1 aromatic carbocycles. The Balaban J connectivity index is 1.42. The third-order valence-corrected chi connectivity index (χ3v) is 40.2. The van der Waals surface area contributed by atoms with Crippen molar-refractivity contribution in [3.05, 3.63) is 36.4 Å². The third-order valence-electron chi connectivity index (χ3n) is 13.9. The molecule has 0 aliphatic heterocycles. The summed E-state index contributed by atoms with van der Waals surface area (Å²) < 4.78 is 9.65. The van der Waals surface area contributed by atoms with E-state index in [4.69, 9.17) is 0 Å². The molecule has 66 heavy (non-hydrogen) atoms. The molecule has 0 N–H and O–H groups in total. The second-order valence-electron chi connectivity index (χ2n) is 22.1. The van der Waals surface area contributed by atoms with E-state index in [9.17, 15) is 0 Å². The van der Waals surface area contributed by atoms with E-state index in [1.165, 1.54) is 197 Å². The van der Waals surface area contributed by atoms with Gasteiger partial charge in [0.2, 0.25) is 0 Å². The van der Waals surface area contributed by atoms with Crippen LogP contribution in [0.2, 0.25) is 29.6 Å². The predicted molar refractivity (Wildman–Crippen MR) is 321 cm³/mol. The molecule has 5 aromatic rings. The fraction of sp³-hybridized carbons (Fsp3) is 0.690. The van der Waals surface area contributed by atoms with Crippen molar-refractivity contribution in [2.45, 2.75) is 233 Å². The van der Waals surface area contributed by atoms with Crippen LogP contribution >= 0.6 is 68.9 Å². The second-order valence-corrected chi connectivity index (χ2v) is 59.8. The van der Waals surface area contributed by atoms with Crippen molar-refractivity contribution in [1.29, 1.82) is 0 Å². The number of hydrogen-bond acceptors (Lipinski definition) is 6. The molecule has 0 saturated carbocycles. The van der Waals surface area contributed by atoms with Gasteiger partial charge in [0.15, 0.2) is 0 Å². The molecule has 0 nitrogen and oxygen atoms in total. The van der Waals surface area contributed by atoms with Crippen molar-refractivity contribution in [2.75, 3.05) is 11.5 Å². The molecule has 0 bridgehead atoms. The minimum atomic E-state index is -2.40. The van der Waals surface area contributed by atoms with Gasteiger partial charge in [-0.3, -0.25) is 0 Å². The molecule has 2 unspecified atom stereocenters. The second kappa shape index (κ2) is 30.8. The first-order valence-corrected chi connectivity index (χ1v) is 52.6. The summed E-state index contributed by atoms with van der Waals surface area (Å²) in [5.41, 5.74) is 3.12. The van der Waals surface area contributed by atoms with Crippen molar-refractivity contribution < 1.29 is 0 Å². The van der Waals surface area contributed by atoms with Crippen LogP contribution in [0.15, 0.2) is 44.8 Å². The molecule has 370 valence electrons. The molecular formula is C58H94S6Sn2. The molecule has 2 atom stereocenters. The van der Waals surface area contributed by atoms with Crippen LogP contribution in [0.4, 0.5) is 0 Å². The fourth-order valence-corrected chi connectivity index (χ4v) is 27.4. The summed E-state index contributed by atoms with van der Waals surface area (Å²) in [4.78, 5) is 18.8. The Morgan fingerprint density at radius 1 is 0.394 bits per heavy atom. The predicted octanol–water partition coefficient (Wildman–Crippen LogP) is 22.3. The zero-order chi connectivity index (χ0) is 47.4. The van der Waals surface area contributed by atoms with Gasteiger partial charge in [0.25, 0.3) is 0 Å². The summed E-state index contributed by atoms with van der Waals surface area (Å²) >= 11 is 8.15. The monoisotopic (exact) mass is 1220 g/mol. The van der Waals surface area contributed by atoms with Gasteiger partial charge in [-0.25, -0.2) is 0 Å². The van der Waals surface area contributed by atoms with Crippen LogP contribution in [-0.2, 0) is 0 Å². The zero-order valence-electron chi connectivity index (χ0n) is 43.9. The molecule has 0 radical (unpaired) electrons. The van der Waals surface area contributed by atoms with Crippen LogP contribution in [-0.4, -0.2) is 48.3 Å². The summed E-state index contributed by atoms with van der Waals surface area (Å²) in [5.74, 6) is 4.26. The summed E-state index contributed by atoms with van der Waals surface area (Å²) in [6, 6.07) is 15.5. The van der Waals surface area contributed by atoms with Crippen molar-refractivity contribution in [1.82, 2.24) is 0 Å². The molecular weight excluding hydrogens is 1130 g/mol. The van der Waals surface area contributed by atoms with E-state index in [0.717, 1.165) is 11.8 Å². The molecule has 5 rings (SSSR count). The molecule has 0 fully saturated rings. The first-order chi connectivity index (χ1) is 31.9. The van der Waals surface area contributed by atoms with Crippen molar-refractivity contribution in [3.8, 4) is 20.9 Å². The van der Waals surface area contributed by atoms with Gasteiger partial charge in [0.1, 0.15) is 0 Å². The summed E-state index contributed by atoms with van der Waals surface area (Å²) in [7, 11) is 0. The minimum absolute atomic E-state index is 0.847. The molecule has 0 spiro atoms. The Bertz CT molecular complexity index is 1880. The Labute approximate surface area is 440 Å². The Morgan fingerprint density at radius 3 is 1.02 bits per heavy atom. The zero-order valence-corrected chi connectivity index (χ0v) is 54.5. The quantitative estimate of drug-likeness (QED) is 0.0223. The van der Waals surface area contributed by atoms with Gasteiger partial charge in [-0.1, -0.05) is 143 Å². The van der Waals surface area contributed by atoms with E-state index in [-0.39, 0.29) is 0 Å². The fourth-order valence-electron chi connectivity index (χ4n) is 9.58. The van der Waals surface area contributed by atoms with Crippen molar-refractivity contribution in [2.24, 2.45) is 11.8 Å². The summed E-state index contributed by atoms with van der Waals surface area (Å²) in [6.45, 7) is 9.36. The molecule has 4 heterocycles. The van der Waals surface area contributed by atoms with Gasteiger partial charge in [0, 0.05) is 0 Å². The standard InChI is InChI=1S/C52H76S6.6CH3.2Sn/c1-5-9-13-17-19-21-25-29-41(27-23-15-11-7-3)39-55-47-33-31-45(57-47)49-43-35-37-54-52(43)50(44-36-38-53-51(44)49)46-32-34-48(58-46)56-40-42(28-24-16-12-8-4)30-26-22-20-18-14-10-6-2;;;;;;;;/h31-36,41-42H,5-30,39-40H2,1-4H3;6*1H3;;.